The first-order chi connectivity index (χ1) is 9.88. The molecule has 1 aromatic carbocycles. The van der Waals surface area contributed by atoms with Crippen molar-refractivity contribution in [2.24, 2.45) is 0 Å². The second kappa shape index (κ2) is 7.09. The van der Waals surface area contributed by atoms with Gasteiger partial charge in [-0.2, -0.15) is 0 Å². The van der Waals surface area contributed by atoms with Gasteiger partial charge < -0.3 is 10.1 Å². The molecule has 21 heavy (non-hydrogen) atoms. The molecule has 1 unspecified atom stereocenters. The van der Waals surface area contributed by atoms with Crippen LogP contribution in [0.4, 0.5) is 0 Å². The van der Waals surface area contributed by atoms with Gasteiger partial charge in [-0.3, -0.25) is 4.79 Å². The second-order valence-electron chi connectivity index (χ2n) is 4.76. The molecule has 2 rings (SSSR count). The van der Waals surface area contributed by atoms with E-state index in [2.05, 4.69) is 21.2 Å². The molecule has 1 saturated heterocycles. The van der Waals surface area contributed by atoms with Gasteiger partial charge in [-0.25, -0.2) is 8.42 Å². The molecule has 1 heterocycles. The average molecular weight is 397 g/mol. The van der Waals surface area contributed by atoms with Crippen LogP contribution in [0.1, 0.15) is 29.6 Å². The Morgan fingerprint density at radius 3 is 2.86 bits per heavy atom. The lowest BCUT2D eigenvalue weighted by atomic mass is 10.1. The van der Waals surface area contributed by atoms with Crippen molar-refractivity contribution in [3.8, 4) is 0 Å². The summed E-state index contributed by atoms with van der Waals surface area (Å²) in [5.74, 6) is -0.331. The van der Waals surface area contributed by atoms with Crippen LogP contribution in [0.25, 0.3) is 0 Å². The third-order valence-corrected chi connectivity index (χ3v) is 5.55. The number of nitrogens with one attached hydrogen (secondary N) is 1. The highest BCUT2D eigenvalue weighted by Gasteiger charge is 2.18. The van der Waals surface area contributed by atoms with Gasteiger partial charge in [0.1, 0.15) is 0 Å². The van der Waals surface area contributed by atoms with E-state index in [1.54, 1.807) is 0 Å². The van der Waals surface area contributed by atoms with Gasteiger partial charge in [0.2, 0.25) is 0 Å². The van der Waals surface area contributed by atoms with Gasteiger partial charge in [-0.15, -0.1) is 0 Å². The predicted octanol–water partition coefficient (Wildman–Crippen LogP) is 2.68. The van der Waals surface area contributed by atoms with E-state index in [-0.39, 0.29) is 22.5 Å². The highest BCUT2D eigenvalue weighted by molar-refractivity contribution is 9.10. The third-order valence-electron chi connectivity index (χ3n) is 3.23. The monoisotopic (exact) mass is 395 g/mol. The van der Waals surface area contributed by atoms with Gasteiger partial charge in [0.15, 0.2) is 0 Å². The normalized spacial score (nSPS) is 18.7. The fourth-order valence-electron chi connectivity index (χ4n) is 2.15. The molecule has 0 aliphatic carbocycles. The van der Waals surface area contributed by atoms with Gasteiger partial charge in [0, 0.05) is 33.9 Å². The van der Waals surface area contributed by atoms with Crippen LogP contribution in [-0.2, 0) is 13.8 Å². The van der Waals surface area contributed by atoms with Crippen molar-refractivity contribution in [2.75, 3.05) is 13.2 Å². The Kier molecular flexibility index (Phi) is 5.65. The highest BCUT2D eigenvalue weighted by Crippen LogP contribution is 2.26. The number of hydrogen-bond acceptors (Lipinski definition) is 4. The Morgan fingerprint density at radius 2 is 2.24 bits per heavy atom. The van der Waals surface area contributed by atoms with Gasteiger partial charge in [0.05, 0.1) is 11.0 Å². The summed E-state index contributed by atoms with van der Waals surface area (Å²) in [5.41, 5.74) is 0.254. The predicted molar refractivity (Wildman–Crippen MR) is 83.1 cm³/mol. The van der Waals surface area contributed by atoms with Crippen molar-refractivity contribution < 1.29 is 17.9 Å². The molecule has 1 atom stereocenters. The summed E-state index contributed by atoms with van der Waals surface area (Å²) in [6.07, 6.45) is 3.03. The van der Waals surface area contributed by atoms with E-state index in [0.29, 0.717) is 11.0 Å². The summed E-state index contributed by atoms with van der Waals surface area (Å²) in [6, 6.07) is 4.29. The topological polar surface area (TPSA) is 72.5 Å². The summed E-state index contributed by atoms with van der Waals surface area (Å²) < 4.78 is 28.6. The Bertz CT molecular complexity index is 629. The van der Waals surface area contributed by atoms with Crippen molar-refractivity contribution >= 4 is 41.6 Å². The summed E-state index contributed by atoms with van der Waals surface area (Å²) in [4.78, 5) is 11.9. The molecule has 0 saturated carbocycles. The van der Waals surface area contributed by atoms with Crippen molar-refractivity contribution in [1.29, 1.82) is 0 Å². The first-order valence-electron chi connectivity index (χ1n) is 6.52. The van der Waals surface area contributed by atoms with Crippen LogP contribution in [0.15, 0.2) is 27.6 Å². The van der Waals surface area contributed by atoms with Gasteiger partial charge >= 0.3 is 0 Å². The number of benzene rings is 1. The highest BCUT2D eigenvalue weighted by atomic mass is 79.9. The Hall–Kier alpha value is -0.630. The van der Waals surface area contributed by atoms with Crippen LogP contribution in [-0.4, -0.2) is 33.6 Å². The fourth-order valence-corrected chi connectivity index (χ4v) is 4.27. The number of halogens is 2. The van der Waals surface area contributed by atoms with E-state index in [1.807, 2.05) is 0 Å². The molecule has 1 amide bonds. The smallest absolute Gasteiger partial charge is 0.262 e. The SMILES string of the molecule is O=C(NCCC1CCCO1)c1ccc(Br)c(S(=O)(=O)Cl)c1. The molecular formula is C13H15BrClNO4S. The lowest BCUT2D eigenvalue weighted by Crippen LogP contribution is -2.27. The van der Waals surface area contributed by atoms with Crippen molar-refractivity contribution in [3.63, 3.8) is 0 Å². The lowest BCUT2D eigenvalue weighted by molar-refractivity contribution is 0.0907. The molecule has 0 radical (unpaired) electrons. The number of hydrogen-bond donors (Lipinski definition) is 1. The fraction of sp³-hybridized carbons (Fsp3) is 0.462. The van der Waals surface area contributed by atoms with E-state index in [0.717, 1.165) is 25.9 Å². The summed E-state index contributed by atoms with van der Waals surface area (Å²) >= 11 is 3.10. The first kappa shape index (κ1) is 16.7. The van der Waals surface area contributed by atoms with Crippen LogP contribution in [0.3, 0.4) is 0 Å². The van der Waals surface area contributed by atoms with E-state index in [1.165, 1.54) is 18.2 Å². The zero-order chi connectivity index (χ0) is 15.5. The third kappa shape index (κ3) is 4.67. The Morgan fingerprint density at radius 1 is 1.48 bits per heavy atom. The van der Waals surface area contributed by atoms with Gasteiger partial charge in [-0.1, -0.05) is 0 Å². The molecule has 1 aliphatic heterocycles. The largest absolute Gasteiger partial charge is 0.378 e. The summed E-state index contributed by atoms with van der Waals surface area (Å²) in [6.45, 7) is 1.27. The van der Waals surface area contributed by atoms with Crippen LogP contribution in [0.2, 0.25) is 0 Å². The van der Waals surface area contributed by atoms with Crippen LogP contribution < -0.4 is 5.32 Å². The van der Waals surface area contributed by atoms with Crippen molar-refractivity contribution in [3.05, 3.63) is 28.2 Å². The van der Waals surface area contributed by atoms with Crippen molar-refractivity contribution in [2.45, 2.75) is 30.3 Å². The number of carbonyl (C=O) groups is 1. The summed E-state index contributed by atoms with van der Waals surface area (Å²) in [7, 11) is 1.43. The number of amides is 1. The van der Waals surface area contributed by atoms with Gasteiger partial charge in [-0.05, 0) is 53.4 Å². The first-order valence-corrected chi connectivity index (χ1v) is 9.62. The van der Waals surface area contributed by atoms with Gasteiger partial charge in [0.25, 0.3) is 15.0 Å². The maximum absolute atomic E-state index is 12.0. The van der Waals surface area contributed by atoms with E-state index in [9.17, 15) is 13.2 Å². The standard InChI is InChI=1S/C13H15BrClNO4S/c14-11-4-3-9(8-12(11)21(15,18)19)13(17)16-6-5-10-2-1-7-20-10/h3-4,8,10H,1-2,5-7H2,(H,16,17). The minimum Gasteiger partial charge on any atom is -0.378 e. The average Bonchev–Trinajstić information content (AvgIpc) is 2.91. The minimum absolute atomic E-state index is 0.115. The molecule has 0 spiro atoms. The number of carbonyl (C=O) groups excluding carboxylic acids is 1. The second-order valence-corrected chi connectivity index (χ2v) is 8.15. The zero-order valence-electron chi connectivity index (χ0n) is 11.1. The molecular weight excluding hydrogens is 382 g/mol. The van der Waals surface area contributed by atoms with E-state index in [4.69, 9.17) is 15.4 Å². The van der Waals surface area contributed by atoms with Crippen molar-refractivity contribution in [1.82, 2.24) is 5.32 Å². The number of ether oxygens (including phenoxy) is 1. The molecule has 1 aromatic rings. The molecule has 116 valence electrons. The molecule has 1 fully saturated rings. The van der Waals surface area contributed by atoms with Crippen LogP contribution in [0, 0.1) is 0 Å². The van der Waals surface area contributed by atoms with E-state index >= 15 is 0 Å². The molecule has 0 bridgehead atoms. The minimum atomic E-state index is -3.90. The quantitative estimate of drug-likeness (QED) is 0.777. The Balaban J connectivity index is 1.99. The molecule has 5 nitrogen and oxygen atoms in total. The number of rotatable bonds is 5. The van der Waals surface area contributed by atoms with Crippen LogP contribution >= 0.6 is 26.6 Å². The maximum Gasteiger partial charge on any atom is 0.262 e. The summed E-state index contributed by atoms with van der Waals surface area (Å²) in [5, 5.41) is 2.75. The molecule has 1 N–H and O–H groups in total. The zero-order valence-corrected chi connectivity index (χ0v) is 14.3. The molecule has 0 aromatic heterocycles. The van der Waals surface area contributed by atoms with Crippen LogP contribution in [0.5, 0.6) is 0 Å². The maximum atomic E-state index is 12.0. The Labute approximate surface area is 136 Å². The molecule has 8 heteroatoms. The van der Waals surface area contributed by atoms with E-state index < -0.39 is 9.05 Å². The molecule has 1 aliphatic rings. The lowest BCUT2D eigenvalue weighted by Gasteiger charge is -2.10.